The van der Waals surface area contributed by atoms with Gasteiger partial charge in [0.2, 0.25) is 8.87 Å². The van der Waals surface area contributed by atoms with Crippen molar-refractivity contribution in [2.75, 3.05) is 5.75 Å². The van der Waals surface area contributed by atoms with E-state index < -0.39 is 8.87 Å². The van der Waals surface area contributed by atoms with Crippen LogP contribution < -0.4 is 0 Å². The van der Waals surface area contributed by atoms with Gasteiger partial charge in [0.1, 0.15) is 0 Å². The van der Waals surface area contributed by atoms with Crippen LogP contribution in [0.2, 0.25) is 0 Å². The van der Waals surface area contributed by atoms with Gasteiger partial charge < -0.3 is 0 Å². The van der Waals surface area contributed by atoms with Crippen molar-refractivity contribution >= 4 is 19.7 Å². The van der Waals surface area contributed by atoms with E-state index >= 15 is 0 Å². The predicted molar refractivity (Wildman–Crippen MR) is 93.2 cm³/mol. The number of rotatable bonds is 12. The normalized spacial score (nSPS) is 11.4. The smallest absolute Gasteiger partial charge is 0.212 e. The Morgan fingerprint density at radius 2 is 1.48 bits per heavy atom. The summed E-state index contributed by atoms with van der Waals surface area (Å²) in [6.45, 7) is 3.72. The molecule has 1 aromatic carbocycles. The van der Waals surface area contributed by atoms with E-state index in [1.165, 1.54) is 32.1 Å². The highest BCUT2D eigenvalue weighted by Gasteiger charge is 2.13. The summed E-state index contributed by atoms with van der Waals surface area (Å²) < 4.78 is 24.0. The average Bonchev–Trinajstić information content (AvgIpc) is 2.50. The molecule has 0 heterocycles. The monoisotopic (exact) mass is 326 g/mol. The average molecular weight is 327 g/mol. The summed E-state index contributed by atoms with van der Waals surface area (Å²) in [5.41, 5.74) is 0. The number of benzene rings is 1. The van der Waals surface area contributed by atoms with Crippen LogP contribution in [0.1, 0.15) is 51.4 Å². The predicted octanol–water partition coefficient (Wildman–Crippen LogP) is 5.42. The van der Waals surface area contributed by atoms with Gasteiger partial charge in [0.05, 0.1) is 4.90 Å². The van der Waals surface area contributed by atoms with E-state index in [0.717, 1.165) is 30.1 Å². The third-order valence-corrected chi connectivity index (χ3v) is 6.95. The molecule has 0 radical (unpaired) electrons. The van der Waals surface area contributed by atoms with Crippen LogP contribution in [-0.2, 0) is 8.87 Å². The fourth-order valence-corrected chi connectivity index (χ4v) is 5.02. The van der Waals surface area contributed by atoms with Crippen LogP contribution >= 0.6 is 10.8 Å². The number of hydrogen-bond acceptors (Lipinski definition) is 3. The molecule has 0 aromatic heterocycles. The van der Waals surface area contributed by atoms with E-state index in [1.807, 2.05) is 12.1 Å². The van der Waals surface area contributed by atoms with E-state index in [4.69, 9.17) is 0 Å². The quantitative estimate of drug-likeness (QED) is 0.292. The molecule has 0 aliphatic rings. The van der Waals surface area contributed by atoms with Gasteiger partial charge in [-0.15, -0.1) is 6.58 Å². The molecule has 0 fully saturated rings. The molecule has 0 aliphatic heterocycles. The maximum absolute atomic E-state index is 12.0. The molecule has 0 bridgehead atoms. The van der Waals surface area contributed by atoms with Gasteiger partial charge >= 0.3 is 0 Å². The molecule has 0 aliphatic carbocycles. The Morgan fingerprint density at radius 3 is 2.10 bits per heavy atom. The molecule has 0 N–H and O–H groups in total. The highest BCUT2D eigenvalue weighted by atomic mass is 33.1. The molecule has 0 unspecified atom stereocenters. The molecular formula is C17H26O2S2. The summed E-state index contributed by atoms with van der Waals surface area (Å²) in [7, 11) is -2.09. The molecule has 2 nitrogen and oxygen atoms in total. The topological polar surface area (TPSA) is 34.1 Å². The first kappa shape index (κ1) is 18.3. The Labute approximate surface area is 133 Å². The van der Waals surface area contributed by atoms with E-state index in [2.05, 4.69) is 6.58 Å². The third-order valence-electron chi connectivity index (χ3n) is 3.32. The van der Waals surface area contributed by atoms with Gasteiger partial charge in [0, 0.05) is 5.75 Å². The van der Waals surface area contributed by atoms with E-state index in [9.17, 15) is 8.42 Å². The van der Waals surface area contributed by atoms with Crippen molar-refractivity contribution in [2.24, 2.45) is 0 Å². The van der Waals surface area contributed by atoms with Crippen molar-refractivity contribution in [1.29, 1.82) is 0 Å². The van der Waals surface area contributed by atoms with Crippen LogP contribution in [-0.4, -0.2) is 14.2 Å². The molecule has 1 rings (SSSR count). The Kier molecular flexibility index (Phi) is 9.51. The lowest BCUT2D eigenvalue weighted by Gasteiger charge is -2.04. The minimum absolute atomic E-state index is 0.414. The van der Waals surface area contributed by atoms with Gasteiger partial charge in [-0.25, -0.2) is 8.42 Å². The van der Waals surface area contributed by atoms with Gasteiger partial charge in [0.25, 0.3) is 0 Å². The van der Waals surface area contributed by atoms with Gasteiger partial charge in [0.15, 0.2) is 0 Å². The Bertz CT molecular complexity index is 481. The van der Waals surface area contributed by atoms with Gasteiger partial charge in [-0.2, -0.15) is 0 Å². The van der Waals surface area contributed by atoms with Crippen LogP contribution in [0.15, 0.2) is 47.9 Å². The number of allylic oxidation sites excluding steroid dienone is 1. The highest BCUT2D eigenvalue weighted by Crippen LogP contribution is 2.24. The summed E-state index contributed by atoms with van der Waals surface area (Å²) >= 11 is 0. The van der Waals surface area contributed by atoms with Crippen LogP contribution in [0.5, 0.6) is 0 Å². The Hall–Kier alpha value is -0.740. The largest absolute Gasteiger partial charge is 0.229 e. The number of unbranched alkanes of at least 4 members (excludes halogenated alkanes) is 7. The fraction of sp³-hybridized carbons (Fsp3) is 0.529. The molecule has 0 atom stereocenters. The third kappa shape index (κ3) is 8.32. The second kappa shape index (κ2) is 10.9. The first-order chi connectivity index (χ1) is 10.2. The van der Waals surface area contributed by atoms with E-state index in [-0.39, 0.29) is 0 Å². The van der Waals surface area contributed by atoms with Crippen molar-refractivity contribution in [3.63, 3.8) is 0 Å². The first-order valence-corrected chi connectivity index (χ1v) is 10.7. The van der Waals surface area contributed by atoms with E-state index in [0.29, 0.717) is 10.6 Å². The minimum Gasteiger partial charge on any atom is -0.212 e. The maximum Gasteiger partial charge on any atom is 0.229 e. The maximum atomic E-state index is 12.0. The lowest BCUT2D eigenvalue weighted by molar-refractivity contribution is 0.593. The molecule has 4 heteroatoms. The molecule has 0 spiro atoms. The SMILES string of the molecule is C=CCCCCCCCCCSS(=O)(=O)c1ccccc1. The zero-order chi connectivity index (χ0) is 15.4. The second-order valence-electron chi connectivity index (χ2n) is 5.14. The van der Waals surface area contributed by atoms with Gasteiger partial charge in [-0.05, 0) is 42.2 Å². The molecule has 1 aromatic rings. The first-order valence-electron chi connectivity index (χ1n) is 7.72. The highest BCUT2D eigenvalue weighted by molar-refractivity contribution is 8.72. The summed E-state index contributed by atoms with van der Waals surface area (Å²) in [5, 5.41) is 0. The Morgan fingerprint density at radius 1 is 0.905 bits per heavy atom. The summed E-state index contributed by atoms with van der Waals surface area (Å²) in [4.78, 5) is 0.414. The summed E-state index contributed by atoms with van der Waals surface area (Å²) in [6, 6.07) is 8.68. The molecule has 0 saturated carbocycles. The standard InChI is InChI=1S/C17H26O2S2/c1-2-3-4-5-6-7-8-9-13-16-20-21(18,19)17-14-11-10-12-15-17/h2,10-12,14-15H,1,3-9,13,16H2. The van der Waals surface area contributed by atoms with Gasteiger partial charge in [-0.3, -0.25) is 0 Å². The zero-order valence-electron chi connectivity index (χ0n) is 12.7. The minimum atomic E-state index is -3.16. The summed E-state index contributed by atoms with van der Waals surface area (Å²) in [6.07, 6.45) is 11.5. The van der Waals surface area contributed by atoms with Crippen LogP contribution in [0.4, 0.5) is 0 Å². The lowest BCUT2D eigenvalue weighted by atomic mass is 10.1. The zero-order valence-corrected chi connectivity index (χ0v) is 14.3. The van der Waals surface area contributed by atoms with Crippen molar-refractivity contribution in [1.82, 2.24) is 0 Å². The molecule has 0 amide bonds. The molecule has 0 saturated heterocycles. The van der Waals surface area contributed by atoms with Crippen molar-refractivity contribution in [3.8, 4) is 0 Å². The van der Waals surface area contributed by atoms with Crippen molar-refractivity contribution < 1.29 is 8.42 Å². The second-order valence-corrected chi connectivity index (χ2v) is 9.19. The molecule has 118 valence electrons. The van der Waals surface area contributed by atoms with Crippen LogP contribution in [0.3, 0.4) is 0 Å². The van der Waals surface area contributed by atoms with E-state index in [1.54, 1.807) is 24.3 Å². The summed E-state index contributed by atoms with van der Waals surface area (Å²) in [5.74, 6) is 0.688. The molecule has 21 heavy (non-hydrogen) atoms. The number of hydrogen-bond donors (Lipinski definition) is 0. The van der Waals surface area contributed by atoms with Crippen LogP contribution in [0, 0.1) is 0 Å². The van der Waals surface area contributed by atoms with Crippen LogP contribution in [0.25, 0.3) is 0 Å². The van der Waals surface area contributed by atoms with Crippen molar-refractivity contribution in [3.05, 3.63) is 43.0 Å². The Balaban J connectivity index is 2.05. The van der Waals surface area contributed by atoms with Gasteiger partial charge in [-0.1, -0.05) is 56.4 Å². The molecular weight excluding hydrogens is 300 g/mol. The van der Waals surface area contributed by atoms with Crippen molar-refractivity contribution in [2.45, 2.75) is 56.3 Å². The fourth-order valence-electron chi connectivity index (χ4n) is 2.10. The lowest BCUT2D eigenvalue weighted by Crippen LogP contribution is -1.96.